The van der Waals surface area contributed by atoms with E-state index in [1.165, 1.54) is 11.3 Å². The van der Waals surface area contributed by atoms with Gasteiger partial charge in [0.25, 0.3) is 0 Å². The average molecular weight is 318 g/mol. The summed E-state index contributed by atoms with van der Waals surface area (Å²) in [7, 11) is 0. The largest absolute Gasteiger partial charge is 0.323 e. The Morgan fingerprint density at radius 2 is 2.19 bits per heavy atom. The molecule has 2 heterocycles. The zero-order chi connectivity index (χ0) is 11.5. The van der Waals surface area contributed by atoms with Crippen LogP contribution in [0, 0.1) is 0 Å². The van der Waals surface area contributed by atoms with Gasteiger partial charge in [0.2, 0.25) is 0 Å². The monoisotopic (exact) mass is 316 g/mol. The minimum atomic E-state index is -0.0359. The van der Waals surface area contributed by atoms with E-state index in [0.29, 0.717) is 0 Å². The van der Waals surface area contributed by atoms with Crippen LogP contribution in [-0.4, -0.2) is 4.98 Å². The van der Waals surface area contributed by atoms with E-state index in [2.05, 4.69) is 20.9 Å². The summed E-state index contributed by atoms with van der Waals surface area (Å²) < 4.78 is 1.75. The summed E-state index contributed by atoms with van der Waals surface area (Å²) in [5.74, 6) is 0. The van der Waals surface area contributed by atoms with Gasteiger partial charge in [0.1, 0.15) is 0 Å². The van der Waals surface area contributed by atoms with E-state index in [-0.39, 0.29) is 6.04 Å². The third-order valence-corrected chi connectivity index (χ3v) is 4.01. The Balaban J connectivity index is 2.07. The van der Waals surface area contributed by atoms with Crippen LogP contribution in [0.1, 0.15) is 16.6 Å². The molecule has 0 fully saturated rings. The lowest BCUT2D eigenvalue weighted by Gasteiger charge is -2.08. The molecule has 0 amide bonds. The molecule has 2 N–H and O–H groups in total. The van der Waals surface area contributed by atoms with Crippen LogP contribution < -0.4 is 5.73 Å². The molecular formula is C11H10BrClN2S. The first-order valence-electron chi connectivity index (χ1n) is 4.76. The summed E-state index contributed by atoms with van der Waals surface area (Å²) in [4.78, 5) is 5.39. The maximum Gasteiger partial charge on any atom is 0.0931 e. The van der Waals surface area contributed by atoms with Crippen LogP contribution in [0.15, 0.2) is 34.9 Å². The van der Waals surface area contributed by atoms with E-state index < -0.39 is 0 Å². The van der Waals surface area contributed by atoms with Gasteiger partial charge in [0.05, 0.1) is 4.34 Å². The van der Waals surface area contributed by atoms with Crippen molar-refractivity contribution in [2.24, 2.45) is 5.73 Å². The van der Waals surface area contributed by atoms with Gasteiger partial charge in [0, 0.05) is 33.7 Å². The van der Waals surface area contributed by atoms with Crippen LogP contribution in [0.5, 0.6) is 0 Å². The summed E-state index contributed by atoms with van der Waals surface area (Å²) in [6.45, 7) is 0. The molecular weight excluding hydrogens is 308 g/mol. The lowest BCUT2D eigenvalue weighted by atomic mass is 10.1. The molecule has 0 radical (unpaired) electrons. The van der Waals surface area contributed by atoms with Gasteiger partial charge in [-0.3, -0.25) is 4.98 Å². The van der Waals surface area contributed by atoms with Gasteiger partial charge in [0.15, 0.2) is 0 Å². The van der Waals surface area contributed by atoms with Crippen molar-refractivity contribution in [2.75, 3.05) is 0 Å². The maximum atomic E-state index is 6.08. The standard InChI is InChI=1S/C11H10BrClN2S/c12-7-1-2-8(15-6-7)5-9(14)10-3-4-11(13)16-10/h1-4,6,9H,5,14H2. The Morgan fingerprint density at radius 1 is 1.38 bits per heavy atom. The first-order valence-corrected chi connectivity index (χ1v) is 6.75. The van der Waals surface area contributed by atoms with Gasteiger partial charge in [-0.1, -0.05) is 11.6 Å². The number of aromatic nitrogens is 1. The minimum Gasteiger partial charge on any atom is -0.323 e. The summed E-state index contributed by atoms with van der Waals surface area (Å²) >= 11 is 10.7. The highest BCUT2D eigenvalue weighted by molar-refractivity contribution is 9.10. The number of nitrogens with zero attached hydrogens (tertiary/aromatic N) is 1. The zero-order valence-corrected chi connectivity index (χ0v) is 11.5. The van der Waals surface area contributed by atoms with E-state index >= 15 is 0 Å². The van der Waals surface area contributed by atoms with E-state index in [1.807, 2.05) is 24.3 Å². The molecule has 0 bridgehead atoms. The van der Waals surface area contributed by atoms with Crippen molar-refractivity contribution in [2.45, 2.75) is 12.5 Å². The molecule has 16 heavy (non-hydrogen) atoms. The second-order valence-electron chi connectivity index (χ2n) is 3.42. The molecule has 1 atom stereocenters. The van der Waals surface area contributed by atoms with Gasteiger partial charge in [-0.25, -0.2) is 0 Å². The summed E-state index contributed by atoms with van der Waals surface area (Å²) in [5.41, 5.74) is 7.06. The Kier molecular flexibility index (Phi) is 3.97. The number of hydrogen-bond acceptors (Lipinski definition) is 3. The van der Waals surface area contributed by atoms with Crippen LogP contribution in [0.25, 0.3) is 0 Å². The highest BCUT2D eigenvalue weighted by atomic mass is 79.9. The Labute approximate surface area is 112 Å². The SMILES string of the molecule is NC(Cc1ccc(Br)cn1)c1ccc(Cl)s1. The summed E-state index contributed by atoms with van der Waals surface area (Å²) in [6, 6.07) is 7.74. The molecule has 84 valence electrons. The number of pyridine rings is 1. The second-order valence-corrected chi connectivity index (χ2v) is 6.08. The molecule has 2 aromatic rings. The van der Waals surface area contributed by atoms with Crippen molar-refractivity contribution < 1.29 is 0 Å². The Morgan fingerprint density at radius 3 is 2.75 bits per heavy atom. The van der Waals surface area contributed by atoms with Crippen molar-refractivity contribution in [3.05, 3.63) is 49.8 Å². The van der Waals surface area contributed by atoms with Crippen LogP contribution in [0.4, 0.5) is 0 Å². The Hall–Kier alpha value is -0.420. The van der Waals surface area contributed by atoms with E-state index in [4.69, 9.17) is 17.3 Å². The fourth-order valence-corrected chi connectivity index (χ4v) is 2.68. The maximum absolute atomic E-state index is 6.08. The van der Waals surface area contributed by atoms with Gasteiger partial charge in [-0.2, -0.15) is 0 Å². The predicted octanol–water partition coefficient (Wildman–Crippen LogP) is 3.80. The minimum absolute atomic E-state index is 0.0359. The lowest BCUT2D eigenvalue weighted by Crippen LogP contribution is -2.12. The molecule has 1 unspecified atom stereocenters. The molecule has 5 heteroatoms. The third-order valence-electron chi connectivity index (χ3n) is 2.18. The highest BCUT2D eigenvalue weighted by Gasteiger charge is 2.10. The molecule has 0 spiro atoms. The fourth-order valence-electron chi connectivity index (χ4n) is 1.38. The molecule has 0 aliphatic heterocycles. The number of halogens is 2. The van der Waals surface area contributed by atoms with Gasteiger partial charge in [-0.05, 0) is 40.2 Å². The van der Waals surface area contributed by atoms with Gasteiger partial charge >= 0.3 is 0 Å². The molecule has 0 saturated carbocycles. The van der Waals surface area contributed by atoms with Crippen molar-refractivity contribution in [3.63, 3.8) is 0 Å². The number of nitrogens with two attached hydrogens (primary N) is 1. The normalized spacial score (nSPS) is 12.7. The lowest BCUT2D eigenvalue weighted by molar-refractivity contribution is 0.720. The molecule has 2 aromatic heterocycles. The molecule has 0 aromatic carbocycles. The van der Waals surface area contributed by atoms with Crippen LogP contribution in [-0.2, 0) is 6.42 Å². The number of thiophene rings is 1. The molecule has 2 nitrogen and oxygen atoms in total. The van der Waals surface area contributed by atoms with E-state index in [0.717, 1.165) is 25.8 Å². The van der Waals surface area contributed by atoms with Crippen LogP contribution >= 0.6 is 38.9 Å². The number of rotatable bonds is 3. The van der Waals surface area contributed by atoms with Crippen LogP contribution in [0.2, 0.25) is 4.34 Å². The number of hydrogen-bond donors (Lipinski definition) is 1. The summed E-state index contributed by atoms with van der Waals surface area (Å²) in [5, 5.41) is 0. The third kappa shape index (κ3) is 3.04. The first-order chi connectivity index (χ1) is 7.65. The Bertz CT molecular complexity index is 469. The van der Waals surface area contributed by atoms with Crippen molar-refractivity contribution in [1.29, 1.82) is 0 Å². The molecule has 2 rings (SSSR count). The smallest absolute Gasteiger partial charge is 0.0931 e. The van der Waals surface area contributed by atoms with Crippen molar-refractivity contribution in [3.8, 4) is 0 Å². The van der Waals surface area contributed by atoms with E-state index in [9.17, 15) is 0 Å². The second kappa shape index (κ2) is 5.27. The van der Waals surface area contributed by atoms with Gasteiger partial charge < -0.3 is 5.73 Å². The average Bonchev–Trinajstić information content (AvgIpc) is 2.68. The molecule has 0 saturated heterocycles. The summed E-state index contributed by atoms with van der Waals surface area (Å²) in [6.07, 6.45) is 2.51. The zero-order valence-electron chi connectivity index (χ0n) is 8.36. The first kappa shape index (κ1) is 12.0. The molecule has 0 aliphatic rings. The van der Waals surface area contributed by atoms with Crippen molar-refractivity contribution >= 4 is 38.9 Å². The molecule has 0 aliphatic carbocycles. The van der Waals surface area contributed by atoms with Crippen LogP contribution in [0.3, 0.4) is 0 Å². The van der Waals surface area contributed by atoms with Crippen molar-refractivity contribution in [1.82, 2.24) is 4.98 Å². The highest BCUT2D eigenvalue weighted by Crippen LogP contribution is 2.27. The fraction of sp³-hybridized carbons (Fsp3) is 0.182. The quantitative estimate of drug-likeness (QED) is 0.935. The predicted molar refractivity (Wildman–Crippen MR) is 71.9 cm³/mol. The topological polar surface area (TPSA) is 38.9 Å². The van der Waals surface area contributed by atoms with Gasteiger partial charge in [-0.15, -0.1) is 11.3 Å². The van der Waals surface area contributed by atoms with E-state index in [1.54, 1.807) is 6.20 Å².